The van der Waals surface area contributed by atoms with E-state index in [1.165, 1.54) is 70.6 Å². The number of unbranched alkanes of at least 4 members (excludes halogenated alkanes) is 17. The highest BCUT2D eigenvalue weighted by Gasteiger charge is 2.27. The lowest BCUT2D eigenvalue weighted by atomic mass is 10.0. The number of aliphatic hydroxyl groups is 1. The molecule has 0 aromatic heterocycles. The zero-order chi connectivity index (χ0) is 48.5. The summed E-state index contributed by atoms with van der Waals surface area (Å²) < 4.78 is 23.6. The van der Waals surface area contributed by atoms with Gasteiger partial charge in [0.25, 0.3) is 0 Å². The first-order valence-corrected chi connectivity index (χ1v) is 27.8. The van der Waals surface area contributed by atoms with Crippen LogP contribution in [0.1, 0.15) is 194 Å². The van der Waals surface area contributed by atoms with Crippen LogP contribution in [0.15, 0.2) is 109 Å². The number of hydrogen-bond donors (Lipinski definition) is 3. The lowest BCUT2D eigenvalue weighted by molar-refractivity contribution is -0.870. The highest BCUT2D eigenvalue weighted by atomic mass is 31.2. The van der Waals surface area contributed by atoms with Gasteiger partial charge in [0.2, 0.25) is 5.91 Å². The van der Waals surface area contributed by atoms with Crippen LogP contribution in [0.5, 0.6) is 0 Å². The summed E-state index contributed by atoms with van der Waals surface area (Å²) >= 11 is 0. The molecule has 0 saturated heterocycles. The standard InChI is InChI=1S/C57H99N2O6P/c1-6-8-10-12-14-16-18-20-21-22-23-24-25-26-27-28-29-30-31-32-33-34-35-36-37-39-41-43-45-47-49-51-57(61)58-55(54-65-66(62,63)64-53-52-59(3,4)5)56(60)50-48-46-44-42-40-38-19-17-15-13-11-9-7-2/h8,10,14,16,20-21,23-24,26-27,29-30,32-33,35-36,48,50,55-56,60H,6-7,9,11-13,15,17-19,22,25,28,31,34,37-47,49,51-54H2,1-5H3,(H-,58,61,62,63)/p+1/b10-8-,16-14-,21-20-,24-23-,27-26-,30-29-,33-32-,36-35-,50-48+. The van der Waals surface area contributed by atoms with Gasteiger partial charge in [0.05, 0.1) is 39.9 Å². The largest absolute Gasteiger partial charge is 0.472 e. The minimum absolute atomic E-state index is 0.0524. The maximum atomic E-state index is 12.9. The Morgan fingerprint density at radius 3 is 1.33 bits per heavy atom. The Bertz CT molecular complexity index is 1440. The van der Waals surface area contributed by atoms with Crippen LogP contribution >= 0.6 is 7.82 Å². The molecule has 0 heterocycles. The fourth-order valence-electron chi connectivity index (χ4n) is 6.88. The predicted molar refractivity (Wildman–Crippen MR) is 285 cm³/mol. The number of hydrogen-bond acceptors (Lipinski definition) is 5. The van der Waals surface area contributed by atoms with Gasteiger partial charge < -0.3 is 19.8 Å². The van der Waals surface area contributed by atoms with Crippen LogP contribution in [0.25, 0.3) is 0 Å². The van der Waals surface area contributed by atoms with Gasteiger partial charge >= 0.3 is 7.82 Å². The molecule has 0 aromatic rings. The summed E-state index contributed by atoms with van der Waals surface area (Å²) in [5.74, 6) is -0.198. The molecule has 1 amide bonds. The Labute approximate surface area is 406 Å². The molecule has 0 spiro atoms. The van der Waals surface area contributed by atoms with Crippen LogP contribution in [0, 0.1) is 0 Å². The summed E-state index contributed by atoms with van der Waals surface area (Å²) in [7, 11) is 1.54. The van der Waals surface area contributed by atoms with Crippen molar-refractivity contribution in [3.05, 3.63) is 109 Å². The number of phosphoric acid groups is 1. The van der Waals surface area contributed by atoms with Gasteiger partial charge in [0.1, 0.15) is 13.2 Å². The van der Waals surface area contributed by atoms with Crippen LogP contribution in [0.3, 0.4) is 0 Å². The molecule has 0 aromatic carbocycles. The van der Waals surface area contributed by atoms with E-state index >= 15 is 0 Å². The molecule has 0 radical (unpaired) electrons. The van der Waals surface area contributed by atoms with Crippen molar-refractivity contribution in [2.24, 2.45) is 0 Å². The molecule has 0 aliphatic heterocycles. The first-order valence-electron chi connectivity index (χ1n) is 26.3. The molecule has 378 valence electrons. The first kappa shape index (κ1) is 63.2. The van der Waals surface area contributed by atoms with E-state index < -0.39 is 20.0 Å². The van der Waals surface area contributed by atoms with Crippen molar-refractivity contribution in [1.82, 2.24) is 5.32 Å². The number of nitrogens with one attached hydrogen (secondary N) is 1. The molecule has 0 aliphatic rings. The van der Waals surface area contributed by atoms with E-state index in [0.29, 0.717) is 17.4 Å². The van der Waals surface area contributed by atoms with Gasteiger partial charge in [-0.25, -0.2) is 4.57 Å². The average Bonchev–Trinajstić information content (AvgIpc) is 3.28. The number of nitrogens with zero attached hydrogens (tertiary/aromatic N) is 1. The van der Waals surface area contributed by atoms with Gasteiger partial charge in [-0.05, 0) is 83.5 Å². The van der Waals surface area contributed by atoms with E-state index in [9.17, 15) is 19.4 Å². The normalized spacial score (nSPS) is 15.0. The van der Waals surface area contributed by atoms with Crippen molar-refractivity contribution in [3.63, 3.8) is 0 Å². The minimum atomic E-state index is -4.35. The van der Waals surface area contributed by atoms with Gasteiger partial charge in [-0.3, -0.25) is 13.8 Å². The monoisotopic (exact) mass is 940 g/mol. The summed E-state index contributed by atoms with van der Waals surface area (Å²) in [6.07, 6.45) is 68.8. The second kappa shape index (κ2) is 47.2. The maximum Gasteiger partial charge on any atom is 0.472 e. The first-order chi connectivity index (χ1) is 32.0. The quantitative estimate of drug-likeness (QED) is 0.0243. The SMILES string of the molecule is CC/C=C\C/C=C\C/C=C\C/C=C\C/C=C\C/C=C\C/C=C\C/C=C\CCCCCCCCC(=O)NC(COP(=O)(O)OCC[N+](C)(C)C)C(O)/C=C/CCCCCCCCCCCCC. The van der Waals surface area contributed by atoms with Crippen molar-refractivity contribution < 1.29 is 32.9 Å². The molecule has 3 atom stereocenters. The lowest BCUT2D eigenvalue weighted by Gasteiger charge is -2.25. The second-order valence-electron chi connectivity index (χ2n) is 18.5. The molecule has 0 bridgehead atoms. The summed E-state index contributed by atoms with van der Waals surface area (Å²) in [6, 6.07) is -0.861. The molecule has 3 unspecified atom stereocenters. The van der Waals surface area contributed by atoms with Crippen LogP contribution in [-0.4, -0.2) is 73.4 Å². The highest BCUT2D eigenvalue weighted by molar-refractivity contribution is 7.47. The molecule has 0 saturated carbocycles. The molecule has 0 rings (SSSR count). The summed E-state index contributed by atoms with van der Waals surface area (Å²) in [5.41, 5.74) is 0. The Hall–Kier alpha value is -2.84. The number of amides is 1. The van der Waals surface area contributed by atoms with Gasteiger partial charge in [0, 0.05) is 6.42 Å². The average molecular weight is 940 g/mol. The van der Waals surface area contributed by atoms with E-state index in [1.807, 2.05) is 27.2 Å². The minimum Gasteiger partial charge on any atom is -0.387 e. The van der Waals surface area contributed by atoms with Crippen LogP contribution in [0.4, 0.5) is 0 Å². The summed E-state index contributed by atoms with van der Waals surface area (Å²) in [6.45, 7) is 4.66. The smallest absolute Gasteiger partial charge is 0.387 e. The van der Waals surface area contributed by atoms with Crippen molar-refractivity contribution in [3.8, 4) is 0 Å². The summed E-state index contributed by atoms with van der Waals surface area (Å²) in [5, 5.41) is 13.9. The van der Waals surface area contributed by atoms with Crippen molar-refractivity contribution in [2.75, 3.05) is 40.9 Å². The number of aliphatic hydroxyl groups excluding tert-OH is 1. The van der Waals surface area contributed by atoms with Crippen molar-refractivity contribution in [2.45, 2.75) is 206 Å². The molecule has 0 fully saturated rings. The van der Waals surface area contributed by atoms with Crippen molar-refractivity contribution in [1.29, 1.82) is 0 Å². The fraction of sp³-hybridized carbons (Fsp3) is 0.667. The van der Waals surface area contributed by atoms with Crippen LogP contribution in [-0.2, 0) is 18.4 Å². The predicted octanol–water partition coefficient (Wildman–Crippen LogP) is 15.6. The van der Waals surface area contributed by atoms with E-state index in [-0.39, 0.29) is 19.1 Å². The van der Waals surface area contributed by atoms with Gasteiger partial charge in [-0.1, -0.05) is 213 Å². The lowest BCUT2D eigenvalue weighted by Crippen LogP contribution is -2.45. The number of likely N-dealkylation sites (N-methyl/N-ethyl adjacent to an activating group) is 1. The number of carbonyl (C=O) groups is 1. The van der Waals surface area contributed by atoms with Gasteiger partial charge in [-0.2, -0.15) is 0 Å². The Morgan fingerprint density at radius 1 is 0.530 bits per heavy atom. The van der Waals surface area contributed by atoms with Crippen LogP contribution < -0.4 is 5.32 Å². The van der Waals surface area contributed by atoms with E-state index in [1.54, 1.807) is 6.08 Å². The maximum absolute atomic E-state index is 12.9. The third-order valence-electron chi connectivity index (χ3n) is 11.0. The van der Waals surface area contributed by atoms with Crippen LogP contribution in [0.2, 0.25) is 0 Å². The summed E-state index contributed by atoms with van der Waals surface area (Å²) in [4.78, 5) is 23.2. The van der Waals surface area contributed by atoms with E-state index in [2.05, 4.69) is 116 Å². The van der Waals surface area contributed by atoms with E-state index in [0.717, 1.165) is 103 Å². The fourth-order valence-corrected chi connectivity index (χ4v) is 7.61. The molecule has 8 nitrogen and oxygen atoms in total. The number of rotatable bonds is 46. The van der Waals surface area contributed by atoms with Gasteiger partial charge in [0.15, 0.2) is 0 Å². The molecule has 0 aliphatic carbocycles. The zero-order valence-electron chi connectivity index (χ0n) is 42.9. The van der Waals surface area contributed by atoms with Gasteiger partial charge in [-0.15, -0.1) is 0 Å². The second-order valence-corrected chi connectivity index (χ2v) is 20.0. The number of carbonyl (C=O) groups excluding carboxylic acids is 1. The Balaban J connectivity index is 4.27. The van der Waals surface area contributed by atoms with E-state index in [4.69, 9.17) is 9.05 Å². The molecular weight excluding hydrogens is 840 g/mol. The third-order valence-corrected chi connectivity index (χ3v) is 12.0. The molecular formula is C57H100N2O6P+. The number of quaternary nitrogens is 1. The third kappa shape index (κ3) is 49.1. The number of phosphoric ester groups is 1. The number of allylic oxidation sites excluding steroid dienone is 17. The Kier molecular flexibility index (Phi) is 45.2. The topological polar surface area (TPSA) is 105 Å². The molecule has 9 heteroatoms. The molecule has 66 heavy (non-hydrogen) atoms. The molecule has 3 N–H and O–H groups in total. The van der Waals surface area contributed by atoms with Crippen molar-refractivity contribution >= 4 is 13.7 Å². The highest BCUT2D eigenvalue weighted by Crippen LogP contribution is 2.43. The zero-order valence-corrected chi connectivity index (χ0v) is 43.8. The Morgan fingerprint density at radius 2 is 0.909 bits per heavy atom.